The van der Waals surface area contributed by atoms with Crippen molar-refractivity contribution in [1.29, 1.82) is 0 Å². The first-order valence-corrected chi connectivity index (χ1v) is 6.21. The predicted molar refractivity (Wildman–Crippen MR) is 80.7 cm³/mol. The van der Waals surface area contributed by atoms with Crippen LogP contribution < -0.4 is 5.32 Å². The summed E-state index contributed by atoms with van der Waals surface area (Å²) in [4.78, 5) is 4.41. The topological polar surface area (TPSA) is 42.7 Å². The fraction of sp³-hybridized carbons (Fsp3) is 0.333. The van der Waals surface area contributed by atoms with Crippen LogP contribution in [0.5, 0.6) is 0 Å². The Morgan fingerprint density at radius 3 is 2.70 bits per heavy atom. The minimum atomic E-state index is -1.32. The van der Waals surface area contributed by atoms with Crippen molar-refractivity contribution in [3.05, 3.63) is 35.8 Å². The minimum absolute atomic E-state index is 0.351. The van der Waals surface area contributed by atoms with Gasteiger partial charge in [-0.3, -0.25) is 9.67 Å². The minimum Gasteiger partial charge on any atom is -0.335 e. The molecule has 0 aromatic carbocycles. The van der Waals surface area contributed by atoms with Crippen LogP contribution in [0, 0.1) is 0 Å². The van der Waals surface area contributed by atoms with E-state index in [0.29, 0.717) is 17.7 Å². The van der Waals surface area contributed by atoms with Crippen molar-refractivity contribution in [2.45, 2.75) is 17.1 Å². The fourth-order valence-corrected chi connectivity index (χ4v) is 2.56. The van der Waals surface area contributed by atoms with Gasteiger partial charge in [0.15, 0.2) is 0 Å². The van der Waals surface area contributed by atoms with Gasteiger partial charge in [-0.05, 0) is 29.5 Å². The molecule has 0 fully saturated rings. The Kier molecular flexibility index (Phi) is 2.91. The summed E-state index contributed by atoms with van der Waals surface area (Å²) < 4.78 is 1.75. The lowest BCUT2D eigenvalue weighted by Crippen LogP contribution is -2.63. The number of aryl methyl sites for hydroxylation is 1. The second kappa shape index (κ2) is 4.29. The molecule has 0 unspecified atom stereocenters. The number of hydrogen-bond donors (Lipinski definition) is 1. The molecule has 90 valence electrons. The van der Waals surface area contributed by atoms with Crippen LogP contribution in [-0.4, -0.2) is 51.5 Å². The van der Waals surface area contributed by atoms with Gasteiger partial charge in [-0.1, -0.05) is 5.34 Å². The van der Waals surface area contributed by atoms with Crippen LogP contribution in [0.4, 0.5) is 0 Å². The van der Waals surface area contributed by atoms with E-state index in [1.54, 1.807) is 17.1 Å². The molecule has 1 aliphatic rings. The summed E-state index contributed by atoms with van der Waals surface area (Å²) in [5.74, 6) is 0. The Bertz CT molecular complexity index is 665. The average molecular weight is 253 g/mol. The molecule has 0 saturated carbocycles. The molecule has 8 radical (unpaired) electrons. The monoisotopic (exact) mass is 254 g/mol. The second-order valence-electron chi connectivity index (χ2n) is 5.27. The van der Waals surface area contributed by atoms with E-state index in [1.807, 2.05) is 19.2 Å². The quantitative estimate of drug-likeness (QED) is 0.668. The highest BCUT2D eigenvalue weighted by atomic mass is 15.3. The molecule has 0 bridgehead atoms. The van der Waals surface area contributed by atoms with Crippen LogP contribution in [0.1, 0.15) is 11.3 Å². The number of aromatic nitrogens is 3. The summed E-state index contributed by atoms with van der Waals surface area (Å²) >= 11 is 0. The summed E-state index contributed by atoms with van der Waals surface area (Å²) in [5.41, 5.74) is 3.19. The summed E-state index contributed by atoms with van der Waals surface area (Å²) in [5, 5.41) is 4.47. The van der Waals surface area contributed by atoms with Crippen LogP contribution in [0.15, 0.2) is 24.5 Å². The zero-order chi connectivity index (χ0) is 14.5. The molecule has 0 saturated heterocycles. The first-order chi connectivity index (χ1) is 9.28. The third-order valence-corrected chi connectivity index (χ3v) is 3.43. The van der Waals surface area contributed by atoms with Crippen molar-refractivity contribution >= 4 is 31.4 Å². The number of fused-ring (bicyclic) bond motifs is 1. The van der Waals surface area contributed by atoms with E-state index in [-0.39, 0.29) is 0 Å². The van der Waals surface area contributed by atoms with Crippen molar-refractivity contribution in [2.75, 3.05) is 0 Å². The largest absolute Gasteiger partial charge is 0.335 e. The van der Waals surface area contributed by atoms with Crippen LogP contribution in [0.25, 0.3) is 11.3 Å². The molecule has 0 aliphatic carbocycles. The summed E-state index contributed by atoms with van der Waals surface area (Å²) in [6, 6.07) is 3.78. The van der Waals surface area contributed by atoms with E-state index in [9.17, 15) is 0 Å². The lowest BCUT2D eigenvalue weighted by molar-refractivity contribution is 0.485. The van der Waals surface area contributed by atoms with E-state index in [1.165, 1.54) is 0 Å². The maximum atomic E-state index is 6.07. The Morgan fingerprint density at radius 1 is 1.30 bits per heavy atom. The van der Waals surface area contributed by atoms with Gasteiger partial charge in [0.05, 0.1) is 37.1 Å². The van der Waals surface area contributed by atoms with E-state index < -0.39 is 10.7 Å². The molecule has 8 heteroatoms. The van der Waals surface area contributed by atoms with Gasteiger partial charge in [-0.2, -0.15) is 5.10 Å². The normalized spacial score (nSPS) is 19.4. The van der Waals surface area contributed by atoms with E-state index in [4.69, 9.17) is 31.4 Å². The molecule has 1 aliphatic heterocycles. The Balaban J connectivity index is 2.12. The molecular weight excluding hydrogens is 243 g/mol. The third-order valence-electron chi connectivity index (χ3n) is 3.43. The van der Waals surface area contributed by atoms with Gasteiger partial charge in [0, 0.05) is 30.7 Å². The first-order valence-electron chi connectivity index (χ1n) is 6.21. The Morgan fingerprint density at radius 2 is 2.05 bits per heavy atom. The molecular formula is C12H10B4N4. The smallest absolute Gasteiger partial charge is 0.0884 e. The average Bonchev–Trinajstić information content (AvgIpc) is 2.73. The Hall–Kier alpha value is -1.42. The van der Waals surface area contributed by atoms with Crippen LogP contribution in [0.2, 0.25) is 0 Å². The summed E-state index contributed by atoms with van der Waals surface area (Å²) in [6.45, 7) is 0. The maximum absolute atomic E-state index is 6.07. The number of nitrogens with one attached hydrogen (secondary N) is 1. The van der Waals surface area contributed by atoms with Crippen LogP contribution in [0.3, 0.4) is 0 Å². The number of nitrogens with zero attached hydrogens (tertiary/aromatic N) is 3. The molecule has 0 atom stereocenters. The molecule has 20 heavy (non-hydrogen) atoms. The lowest BCUT2D eigenvalue weighted by atomic mass is 9.48. The van der Waals surface area contributed by atoms with Gasteiger partial charge in [0.25, 0.3) is 0 Å². The number of rotatable bonds is 1. The molecule has 3 rings (SSSR count). The molecule has 3 heterocycles. The predicted octanol–water partition coefficient (Wildman–Crippen LogP) is -0.934. The van der Waals surface area contributed by atoms with Crippen molar-refractivity contribution < 1.29 is 0 Å². The zero-order valence-corrected chi connectivity index (χ0v) is 11.2. The van der Waals surface area contributed by atoms with Crippen molar-refractivity contribution in [1.82, 2.24) is 20.1 Å². The van der Waals surface area contributed by atoms with Crippen molar-refractivity contribution in [3.63, 3.8) is 0 Å². The number of pyridine rings is 1. The van der Waals surface area contributed by atoms with Gasteiger partial charge in [0.1, 0.15) is 0 Å². The van der Waals surface area contributed by atoms with Gasteiger partial charge in [-0.25, -0.2) is 0 Å². The van der Waals surface area contributed by atoms with Gasteiger partial charge >= 0.3 is 0 Å². The molecule has 1 N–H and O–H groups in total. The van der Waals surface area contributed by atoms with E-state index in [0.717, 1.165) is 11.3 Å². The molecule has 2 aromatic heterocycles. The second-order valence-corrected chi connectivity index (χ2v) is 5.27. The van der Waals surface area contributed by atoms with Gasteiger partial charge in [-0.15, -0.1) is 0 Å². The van der Waals surface area contributed by atoms with E-state index in [2.05, 4.69) is 15.4 Å². The first kappa shape index (κ1) is 13.6. The van der Waals surface area contributed by atoms with Crippen molar-refractivity contribution in [3.8, 4) is 11.3 Å². The van der Waals surface area contributed by atoms with E-state index >= 15 is 0 Å². The Labute approximate surface area is 123 Å². The SMILES string of the molecule is [B]C1([B])Cc2ncc(-c3ccnn3C)cc2C([B])([B])N1. The van der Waals surface area contributed by atoms with Crippen LogP contribution >= 0.6 is 0 Å². The maximum Gasteiger partial charge on any atom is 0.0884 e. The van der Waals surface area contributed by atoms with Crippen molar-refractivity contribution in [2.24, 2.45) is 7.05 Å². The highest BCUT2D eigenvalue weighted by molar-refractivity contribution is 6.44. The lowest BCUT2D eigenvalue weighted by Gasteiger charge is -2.45. The highest BCUT2D eigenvalue weighted by Gasteiger charge is 2.35. The highest BCUT2D eigenvalue weighted by Crippen LogP contribution is 2.30. The third kappa shape index (κ3) is 2.22. The standard InChI is InChI=1S/C12H10B4N4/c1-20-10(2-3-18-20)7-4-8-9(17-6-7)5-11(13,14)19-12(8,15)16/h2-4,6,19H,5H2,1H3. The van der Waals surface area contributed by atoms with Gasteiger partial charge < -0.3 is 5.32 Å². The fourth-order valence-electron chi connectivity index (χ4n) is 2.56. The molecule has 4 nitrogen and oxygen atoms in total. The van der Waals surface area contributed by atoms with Crippen LogP contribution in [-0.2, 0) is 18.8 Å². The molecule has 0 spiro atoms. The molecule has 2 aromatic rings. The number of hydrogen-bond acceptors (Lipinski definition) is 3. The molecule has 0 amide bonds. The summed E-state index contributed by atoms with van der Waals surface area (Å²) in [6.07, 6.45) is 3.81. The van der Waals surface area contributed by atoms with Gasteiger partial charge in [0.2, 0.25) is 0 Å². The zero-order valence-electron chi connectivity index (χ0n) is 11.2. The summed E-state index contributed by atoms with van der Waals surface area (Å²) in [7, 11) is 25.8.